The van der Waals surface area contributed by atoms with Crippen LogP contribution >= 0.6 is 11.3 Å². The Bertz CT molecular complexity index is 1040. The van der Waals surface area contributed by atoms with Gasteiger partial charge in [0.25, 0.3) is 0 Å². The molecule has 3 aromatic heterocycles. The highest BCUT2D eigenvalue weighted by molar-refractivity contribution is 7.15. The first-order valence-electron chi connectivity index (χ1n) is 9.40. The van der Waals surface area contributed by atoms with Crippen molar-refractivity contribution in [3.05, 3.63) is 58.1 Å². The van der Waals surface area contributed by atoms with Gasteiger partial charge >= 0.3 is 6.61 Å². The number of rotatable bonds is 6. The quantitative estimate of drug-likeness (QED) is 0.577. The SMILES string of the molecule is Cc1ncc(-c2cc(C(N)O)nc3c2CCN(Cc2ccnc(OC(F)F)c2)C3)s1. The minimum Gasteiger partial charge on any atom is -0.417 e. The van der Waals surface area contributed by atoms with E-state index in [2.05, 4.69) is 24.6 Å². The van der Waals surface area contributed by atoms with E-state index < -0.39 is 12.8 Å². The molecule has 4 heterocycles. The van der Waals surface area contributed by atoms with Gasteiger partial charge < -0.3 is 15.6 Å². The van der Waals surface area contributed by atoms with Crippen LogP contribution in [0, 0.1) is 6.92 Å². The lowest BCUT2D eigenvalue weighted by Gasteiger charge is -2.30. The number of pyridine rings is 2. The van der Waals surface area contributed by atoms with E-state index in [0.717, 1.165) is 45.2 Å². The zero-order valence-electron chi connectivity index (χ0n) is 16.3. The number of nitrogens with zero attached hydrogens (tertiary/aromatic N) is 4. The first-order valence-corrected chi connectivity index (χ1v) is 10.2. The second-order valence-electron chi connectivity index (χ2n) is 7.05. The van der Waals surface area contributed by atoms with Crippen LogP contribution in [-0.4, -0.2) is 38.1 Å². The molecular formula is C20H21F2N5O2S. The highest BCUT2D eigenvalue weighted by atomic mass is 32.1. The summed E-state index contributed by atoms with van der Waals surface area (Å²) in [7, 11) is 0. The number of aromatic nitrogens is 3. The Morgan fingerprint density at radius 2 is 2.17 bits per heavy atom. The molecule has 30 heavy (non-hydrogen) atoms. The largest absolute Gasteiger partial charge is 0.417 e. The average Bonchev–Trinajstić information content (AvgIpc) is 3.12. The average molecular weight is 433 g/mol. The highest BCUT2D eigenvalue weighted by Crippen LogP contribution is 2.34. The fourth-order valence-corrected chi connectivity index (χ4v) is 4.39. The van der Waals surface area contributed by atoms with Gasteiger partial charge in [0.2, 0.25) is 5.88 Å². The monoisotopic (exact) mass is 433 g/mol. The fourth-order valence-electron chi connectivity index (χ4n) is 3.57. The zero-order chi connectivity index (χ0) is 21.3. The predicted molar refractivity (Wildman–Crippen MR) is 108 cm³/mol. The number of nitrogens with two attached hydrogens (primary N) is 1. The van der Waals surface area contributed by atoms with Crippen molar-refractivity contribution in [1.29, 1.82) is 0 Å². The van der Waals surface area contributed by atoms with E-state index in [9.17, 15) is 13.9 Å². The highest BCUT2D eigenvalue weighted by Gasteiger charge is 2.24. The summed E-state index contributed by atoms with van der Waals surface area (Å²) in [4.78, 5) is 15.9. The topological polar surface area (TPSA) is 97.4 Å². The van der Waals surface area contributed by atoms with Crippen molar-refractivity contribution in [2.45, 2.75) is 39.3 Å². The van der Waals surface area contributed by atoms with Gasteiger partial charge in [0.1, 0.15) is 6.23 Å². The molecule has 0 saturated heterocycles. The van der Waals surface area contributed by atoms with Gasteiger partial charge in [-0.05, 0) is 36.6 Å². The van der Waals surface area contributed by atoms with E-state index in [0.29, 0.717) is 18.8 Å². The number of ether oxygens (including phenoxy) is 1. The molecule has 0 saturated carbocycles. The number of alkyl halides is 2. The lowest BCUT2D eigenvalue weighted by Crippen LogP contribution is -2.31. The normalized spacial score (nSPS) is 15.3. The van der Waals surface area contributed by atoms with Gasteiger partial charge in [-0.2, -0.15) is 8.78 Å². The van der Waals surface area contributed by atoms with Crippen LogP contribution in [0.4, 0.5) is 8.78 Å². The van der Waals surface area contributed by atoms with E-state index in [1.54, 1.807) is 17.4 Å². The number of halogens is 2. The molecule has 0 amide bonds. The summed E-state index contributed by atoms with van der Waals surface area (Å²) in [5, 5.41) is 10.9. The third-order valence-electron chi connectivity index (χ3n) is 4.89. The number of aliphatic hydroxyl groups is 1. The molecule has 158 valence electrons. The van der Waals surface area contributed by atoms with E-state index in [-0.39, 0.29) is 5.88 Å². The zero-order valence-corrected chi connectivity index (χ0v) is 17.1. The molecule has 10 heteroatoms. The maximum atomic E-state index is 12.4. The first-order chi connectivity index (χ1) is 14.4. The lowest BCUT2D eigenvalue weighted by molar-refractivity contribution is -0.0529. The molecule has 0 bridgehead atoms. The smallest absolute Gasteiger partial charge is 0.388 e. The van der Waals surface area contributed by atoms with Crippen LogP contribution in [0.25, 0.3) is 10.4 Å². The molecule has 1 aliphatic heterocycles. The molecule has 0 aliphatic carbocycles. The third-order valence-corrected chi connectivity index (χ3v) is 5.83. The van der Waals surface area contributed by atoms with Gasteiger partial charge in [-0.25, -0.2) is 9.97 Å². The maximum Gasteiger partial charge on any atom is 0.388 e. The number of fused-ring (bicyclic) bond motifs is 1. The van der Waals surface area contributed by atoms with Crippen LogP contribution in [0.3, 0.4) is 0 Å². The number of aryl methyl sites for hydroxylation is 1. The van der Waals surface area contributed by atoms with Gasteiger partial charge in [-0.1, -0.05) is 0 Å². The summed E-state index contributed by atoms with van der Waals surface area (Å²) in [6.45, 7) is 0.899. The molecule has 3 aromatic rings. The molecule has 1 unspecified atom stereocenters. The van der Waals surface area contributed by atoms with Crippen molar-refractivity contribution in [1.82, 2.24) is 19.9 Å². The van der Waals surface area contributed by atoms with Gasteiger partial charge in [0, 0.05) is 43.7 Å². The van der Waals surface area contributed by atoms with Crippen molar-refractivity contribution in [2.75, 3.05) is 6.54 Å². The number of aliphatic hydroxyl groups excluding tert-OH is 1. The van der Waals surface area contributed by atoms with Gasteiger partial charge in [-0.15, -0.1) is 11.3 Å². The number of hydrogen-bond donors (Lipinski definition) is 2. The summed E-state index contributed by atoms with van der Waals surface area (Å²) in [5.41, 5.74) is 9.90. The molecule has 7 nitrogen and oxygen atoms in total. The van der Waals surface area contributed by atoms with Crippen molar-refractivity contribution < 1.29 is 18.6 Å². The van der Waals surface area contributed by atoms with E-state index in [1.165, 1.54) is 12.3 Å². The van der Waals surface area contributed by atoms with Crippen LogP contribution in [0.15, 0.2) is 30.6 Å². The van der Waals surface area contributed by atoms with E-state index >= 15 is 0 Å². The third kappa shape index (κ3) is 4.62. The molecule has 0 spiro atoms. The lowest BCUT2D eigenvalue weighted by atomic mass is 9.96. The molecule has 3 N–H and O–H groups in total. The summed E-state index contributed by atoms with van der Waals surface area (Å²) in [6, 6.07) is 5.12. The van der Waals surface area contributed by atoms with Crippen molar-refractivity contribution in [3.8, 4) is 16.3 Å². The van der Waals surface area contributed by atoms with Crippen LogP contribution < -0.4 is 10.5 Å². The first kappa shape index (κ1) is 20.7. The number of hydrogen-bond acceptors (Lipinski definition) is 8. The van der Waals surface area contributed by atoms with Crippen molar-refractivity contribution in [2.24, 2.45) is 5.73 Å². The molecule has 0 radical (unpaired) electrons. The van der Waals surface area contributed by atoms with Gasteiger partial charge in [0.15, 0.2) is 0 Å². The Morgan fingerprint density at radius 3 is 2.87 bits per heavy atom. The second-order valence-corrected chi connectivity index (χ2v) is 8.28. The van der Waals surface area contributed by atoms with Gasteiger partial charge in [0.05, 0.1) is 21.3 Å². The predicted octanol–water partition coefficient (Wildman–Crippen LogP) is 3.02. The summed E-state index contributed by atoms with van der Waals surface area (Å²) >= 11 is 1.59. The van der Waals surface area contributed by atoms with Gasteiger partial charge in [-0.3, -0.25) is 9.88 Å². The van der Waals surface area contributed by atoms with Crippen molar-refractivity contribution in [3.63, 3.8) is 0 Å². The van der Waals surface area contributed by atoms with E-state index in [4.69, 9.17) is 5.73 Å². The minimum absolute atomic E-state index is 0.102. The standard InChI is InChI=1S/C20H21F2N5O2S/c1-11-25-8-17(30-11)14-7-15(19(23)28)26-16-10-27(5-3-13(14)16)9-12-2-4-24-18(6-12)29-20(21)22/h2,4,6-8,19-20,28H,3,5,9-10,23H2,1H3. The minimum atomic E-state index is -2.91. The Labute approximate surface area is 176 Å². The Hall–Kier alpha value is -2.53. The Kier molecular flexibility index (Phi) is 6.00. The second kappa shape index (κ2) is 8.68. The van der Waals surface area contributed by atoms with Crippen LogP contribution in [-0.2, 0) is 19.5 Å². The Balaban J connectivity index is 1.60. The van der Waals surface area contributed by atoms with Crippen LogP contribution in [0.2, 0.25) is 0 Å². The molecule has 4 rings (SSSR count). The molecular weight excluding hydrogens is 412 g/mol. The molecule has 0 aromatic carbocycles. The van der Waals surface area contributed by atoms with Crippen LogP contribution in [0.5, 0.6) is 5.88 Å². The fraction of sp³-hybridized carbons (Fsp3) is 0.350. The molecule has 1 atom stereocenters. The molecule has 0 fully saturated rings. The summed E-state index contributed by atoms with van der Waals surface area (Å²) in [6.07, 6.45) is 2.88. The van der Waals surface area contributed by atoms with Crippen LogP contribution in [0.1, 0.15) is 33.8 Å². The summed E-state index contributed by atoms with van der Waals surface area (Å²) < 4.78 is 29.3. The van der Waals surface area contributed by atoms with Crippen molar-refractivity contribution >= 4 is 11.3 Å². The Morgan fingerprint density at radius 1 is 1.33 bits per heavy atom. The van der Waals surface area contributed by atoms with E-state index in [1.807, 2.05) is 19.2 Å². The molecule has 1 aliphatic rings. The maximum absolute atomic E-state index is 12.4. The summed E-state index contributed by atoms with van der Waals surface area (Å²) in [5.74, 6) is -0.102. The number of thiazole rings is 1.